The average molecular weight is 458 g/mol. The van der Waals surface area contributed by atoms with Crippen LogP contribution in [0.3, 0.4) is 0 Å². The van der Waals surface area contributed by atoms with Gasteiger partial charge in [-0.3, -0.25) is 0 Å². The van der Waals surface area contributed by atoms with Crippen molar-refractivity contribution in [1.29, 1.82) is 0 Å². The molecule has 0 saturated heterocycles. The Balaban J connectivity index is 1.67. The third-order valence-electron chi connectivity index (χ3n) is 4.99. The molecule has 3 aromatic carbocycles. The number of methoxy groups -OCH3 is 2. The molecular weight excluding hydrogens is 436 g/mol. The van der Waals surface area contributed by atoms with Gasteiger partial charge in [0.05, 0.1) is 19.9 Å². The smallest absolute Gasteiger partial charge is 0.343 e. The molecule has 0 aliphatic heterocycles. The Hall–Kier alpha value is -4.46. The van der Waals surface area contributed by atoms with E-state index in [0.29, 0.717) is 17.3 Å². The lowest BCUT2D eigenvalue weighted by molar-refractivity contribution is -0.143. The molecule has 0 unspecified atom stereocenters. The van der Waals surface area contributed by atoms with Crippen molar-refractivity contribution in [2.75, 3.05) is 27.4 Å². The number of hydrogen-bond acceptors (Lipinski definition) is 8. The molecule has 0 amide bonds. The Morgan fingerprint density at radius 3 is 2.12 bits per heavy atom. The topological polar surface area (TPSA) is 96.8 Å². The third-order valence-corrected chi connectivity index (χ3v) is 4.99. The Kier molecular flexibility index (Phi) is 6.98. The van der Waals surface area contributed by atoms with E-state index >= 15 is 0 Å². The zero-order valence-corrected chi connectivity index (χ0v) is 18.7. The standard InChI is InChI=1S/C26H22N2O6/c1-31-24(29)15-33-21-11-10-18-12-20(9-8-19(18)13-21)26-27-22(17-6-4-3-5-7-17)14-23(28-26)34-16-25(30)32-2/h3-14H,15-16H2,1-2H3. The largest absolute Gasteiger partial charge is 0.482 e. The second kappa shape index (κ2) is 10.4. The van der Waals surface area contributed by atoms with Crippen LogP contribution < -0.4 is 9.47 Å². The third kappa shape index (κ3) is 5.47. The predicted octanol–water partition coefficient (Wildman–Crippen LogP) is 4.07. The van der Waals surface area contributed by atoms with Crippen LogP contribution in [-0.2, 0) is 19.1 Å². The molecule has 0 radical (unpaired) electrons. The van der Waals surface area contributed by atoms with Crippen molar-refractivity contribution in [3.63, 3.8) is 0 Å². The van der Waals surface area contributed by atoms with Gasteiger partial charge in [0.25, 0.3) is 0 Å². The quantitative estimate of drug-likeness (QED) is 0.365. The van der Waals surface area contributed by atoms with Crippen LogP contribution in [0.25, 0.3) is 33.4 Å². The van der Waals surface area contributed by atoms with E-state index in [1.165, 1.54) is 14.2 Å². The summed E-state index contributed by atoms with van der Waals surface area (Å²) in [7, 11) is 2.61. The minimum Gasteiger partial charge on any atom is -0.482 e. The van der Waals surface area contributed by atoms with Gasteiger partial charge < -0.3 is 18.9 Å². The number of hydrogen-bond donors (Lipinski definition) is 0. The van der Waals surface area contributed by atoms with Crippen LogP contribution in [-0.4, -0.2) is 49.3 Å². The molecule has 1 heterocycles. The Morgan fingerprint density at radius 2 is 1.38 bits per heavy atom. The van der Waals surface area contributed by atoms with Crippen molar-refractivity contribution < 1.29 is 28.5 Å². The highest BCUT2D eigenvalue weighted by Gasteiger charge is 2.12. The molecule has 8 heteroatoms. The zero-order chi connectivity index (χ0) is 23.9. The van der Waals surface area contributed by atoms with Gasteiger partial charge in [0.2, 0.25) is 5.88 Å². The summed E-state index contributed by atoms with van der Waals surface area (Å²) < 4.78 is 20.3. The van der Waals surface area contributed by atoms with E-state index in [1.54, 1.807) is 12.1 Å². The number of fused-ring (bicyclic) bond motifs is 1. The van der Waals surface area contributed by atoms with Crippen molar-refractivity contribution in [2.24, 2.45) is 0 Å². The molecule has 4 rings (SSSR count). The van der Waals surface area contributed by atoms with Gasteiger partial charge in [0.1, 0.15) is 5.75 Å². The second-order valence-electron chi connectivity index (χ2n) is 7.23. The summed E-state index contributed by atoms with van der Waals surface area (Å²) in [4.78, 5) is 32.1. The molecule has 34 heavy (non-hydrogen) atoms. The number of esters is 2. The molecule has 8 nitrogen and oxygen atoms in total. The van der Waals surface area contributed by atoms with Gasteiger partial charge in [-0.05, 0) is 29.0 Å². The molecule has 0 atom stereocenters. The highest BCUT2D eigenvalue weighted by Crippen LogP contribution is 2.29. The van der Waals surface area contributed by atoms with E-state index in [4.69, 9.17) is 14.5 Å². The summed E-state index contributed by atoms with van der Waals surface area (Å²) in [6, 6.07) is 22.6. The first kappa shape index (κ1) is 22.7. The Labute approximate surface area is 196 Å². The molecule has 0 aliphatic rings. The molecule has 0 N–H and O–H groups in total. The number of carbonyl (C=O) groups excluding carboxylic acids is 2. The van der Waals surface area contributed by atoms with Crippen LogP contribution in [0.5, 0.6) is 11.6 Å². The van der Waals surface area contributed by atoms with E-state index in [9.17, 15) is 9.59 Å². The minimum atomic E-state index is -0.502. The van der Waals surface area contributed by atoms with E-state index in [-0.39, 0.29) is 19.1 Å². The molecular formula is C26H22N2O6. The van der Waals surface area contributed by atoms with Gasteiger partial charge in [-0.25, -0.2) is 14.6 Å². The van der Waals surface area contributed by atoms with E-state index in [0.717, 1.165) is 21.9 Å². The van der Waals surface area contributed by atoms with E-state index in [1.807, 2.05) is 60.7 Å². The van der Waals surface area contributed by atoms with Gasteiger partial charge in [0.15, 0.2) is 19.0 Å². The molecule has 4 aromatic rings. The molecule has 1 aromatic heterocycles. The van der Waals surface area contributed by atoms with Gasteiger partial charge in [-0.1, -0.05) is 48.5 Å². The number of ether oxygens (including phenoxy) is 4. The number of aromatic nitrogens is 2. The fourth-order valence-corrected chi connectivity index (χ4v) is 3.23. The van der Waals surface area contributed by atoms with Crippen LogP contribution in [0.2, 0.25) is 0 Å². The SMILES string of the molecule is COC(=O)COc1ccc2cc(-c3nc(OCC(=O)OC)cc(-c4ccccc4)n3)ccc2c1. The fraction of sp³-hybridized carbons (Fsp3) is 0.154. The molecule has 0 saturated carbocycles. The first-order valence-corrected chi connectivity index (χ1v) is 10.4. The van der Waals surface area contributed by atoms with Crippen LogP contribution in [0, 0.1) is 0 Å². The number of benzene rings is 3. The molecule has 0 spiro atoms. The number of carbonyl (C=O) groups is 2. The second-order valence-corrected chi connectivity index (χ2v) is 7.23. The van der Waals surface area contributed by atoms with Gasteiger partial charge in [0, 0.05) is 17.2 Å². The summed E-state index contributed by atoms with van der Waals surface area (Å²) in [5, 5.41) is 1.86. The predicted molar refractivity (Wildman–Crippen MR) is 125 cm³/mol. The average Bonchev–Trinajstić information content (AvgIpc) is 2.90. The van der Waals surface area contributed by atoms with Crippen LogP contribution in [0.15, 0.2) is 72.8 Å². The number of rotatable bonds is 8. The van der Waals surface area contributed by atoms with Crippen molar-refractivity contribution in [2.45, 2.75) is 0 Å². The molecule has 172 valence electrons. The van der Waals surface area contributed by atoms with E-state index < -0.39 is 11.9 Å². The van der Waals surface area contributed by atoms with Gasteiger partial charge in [-0.15, -0.1) is 0 Å². The molecule has 0 aliphatic carbocycles. The maximum atomic E-state index is 11.5. The zero-order valence-electron chi connectivity index (χ0n) is 18.7. The fourth-order valence-electron chi connectivity index (χ4n) is 3.23. The maximum Gasteiger partial charge on any atom is 0.343 e. The number of nitrogens with zero attached hydrogens (tertiary/aromatic N) is 2. The molecule has 0 bridgehead atoms. The summed E-state index contributed by atoms with van der Waals surface area (Å²) in [5.74, 6) is 0.329. The summed E-state index contributed by atoms with van der Waals surface area (Å²) in [5.41, 5.74) is 2.33. The van der Waals surface area contributed by atoms with Crippen LogP contribution in [0.1, 0.15) is 0 Å². The van der Waals surface area contributed by atoms with Crippen LogP contribution >= 0.6 is 0 Å². The van der Waals surface area contributed by atoms with Crippen molar-refractivity contribution >= 4 is 22.7 Å². The Morgan fingerprint density at radius 1 is 0.706 bits per heavy atom. The lowest BCUT2D eigenvalue weighted by Gasteiger charge is -2.11. The van der Waals surface area contributed by atoms with Gasteiger partial charge >= 0.3 is 11.9 Å². The summed E-state index contributed by atoms with van der Waals surface area (Å²) in [6.07, 6.45) is 0. The van der Waals surface area contributed by atoms with Crippen molar-refractivity contribution in [3.8, 4) is 34.3 Å². The van der Waals surface area contributed by atoms with Crippen molar-refractivity contribution in [1.82, 2.24) is 9.97 Å². The van der Waals surface area contributed by atoms with E-state index in [2.05, 4.69) is 14.5 Å². The highest BCUT2D eigenvalue weighted by atomic mass is 16.6. The summed E-state index contributed by atoms with van der Waals surface area (Å²) >= 11 is 0. The lowest BCUT2D eigenvalue weighted by Crippen LogP contribution is -2.13. The minimum absolute atomic E-state index is 0.158. The first-order chi connectivity index (χ1) is 16.6. The summed E-state index contributed by atoms with van der Waals surface area (Å²) in [6.45, 7) is -0.415. The lowest BCUT2D eigenvalue weighted by atomic mass is 10.1. The van der Waals surface area contributed by atoms with Crippen molar-refractivity contribution in [3.05, 3.63) is 72.8 Å². The molecule has 0 fully saturated rings. The Bertz CT molecular complexity index is 1320. The maximum absolute atomic E-state index is 11.5. The first-order valence-electron chi connectivity index (χ1n) is 10.4. The normalized spacial score (nSPS) is 10.5. The monoisotopic (exact) mass is 458 g/mol. The highest BCUT2D eigenvalue weighted by molar-refractivity contribution is 5.88. The van der Waals surface area contributed by atoms with Gasteiger partial charge in [-0.2, -0.15) is 4.98 Å². The van der Waals surface area contributed by atoms with Crippen LogP contribution in [0.4, 0.5) is 0 Å².